The molecule has 1 aromatic carbocycles. The molecule has 0 aliphatic heterocycles. The molecule has 17 heavy (non-hydrogen) atoms. The molecular weight excluding hydrogens is 228 g/mol. The van der Waals surface area contributed by atoms with E-state index in [1.54, 1.807) is 0 Å². The number of aromatic amines is 1. The van der Waals surface area contributed by atoms with Crippen molar-refractivity contribution in [3.05, 3.63) is 41.0 Å². The van der Waals surface area contributed by atoms with Crippen LogP contribution in [0, 0.1) is 10.6 Å². The molecular formula is C14H16N2S. The van der Waals surface area contributed by atoms with Crippen molar-refractivity contribution in [2.24, 2.45) is 5.92 Å². The molecule has 0 radical (unpaired) electrons. The van der Waals surface area contributed by atoms with E-state index in [1.165, 1.54) is 18.4 Å². The zero-order valence-electron chi connectivity index (χ0n) is 9.89. The lowest BCUT2D eigenvalue weighted by atomic mass is 10.2. The molecule has 1 aromatic heterocycles. The summed E-state index contributed by atoms with van der Waals surface area (Å²) in [6.45, 7) is 2.25. The molecule has 1 aliphatic carbocycles. The maximum absolute atomic E-state index is 5.43. The zero-order chi connectivity index (χ0) is 11.8. The minimum Gasteiger partial charge on any atom is -0.297 e. The average molecular weight is 244 g/mol. The fraction of sp³-hybridized carbons (Fsp3) is 0.357. The maximum Gasteiger partial charge on any atom is 0.122 e. The summed E-state index contributed by atoms with van der Waals surface area (Å²) in [5, 5.41) is 3.43. The standard InChI is InChI=1S/C14H16N2S/c1-10(11-7-8-11)16-14(17)9-13(15-16)12-5-3-2-4-6-12/h2-6,9-11,15H,7-8H2,1H3. The van der Waals surface area contributed by atoms with E-state index in [-0.39, 0.29) is 0 Å². The van der Waals surface area contributed by atoms with Gasteiger partial charge in [0.25, 0.3) is 0 Å². The molecule has 1 unspecified atom stereocenters. The van der Waals surface area contributed by atoms with Crippen LogP contribution in [0.25, 0.3) is 11.3 Å². The lowest BCUT2D eigenvalue weighted by Gasteiger charge is -2.11. The number of hydrogen-bond acceptors (Lipinski definition) is 1. The summed E-state index contributed by atoms with van der Waals surface area (Å²) in [5.41, 5.74) is 2.31. The predicted octanol–water partition coefficient (Wildman–Crippen LogP) is 4.18. The SMILES string of the molecule is CC(C1CC1)n1[nH]c(-c2ccccc2)cc1=S. The largest absolute Gasteiger partial charge is 0.297 e. The van der Waals surface area contributed by atoms with Gasteiger partial charge in [-0.2, -0.15) is 0 Å². The van der Waals surface area contributed by atoms with E-state index in [4.69, 9.17) is 12.2 Å². The Morgan fingerprint density at radius 3 is 2.65 bits per heavy atom. The normalized spacial score (nSPS) is 17.0. The number of nitrogens with one attached hydrogen (secondary N) is 1. The molecule has 0 amide bonds. The Morgan fingerprint density at radius 2 is 2.00 bits per heavy atom. The van der Waals surface area contributed by atoms with Crippen LogP contribution in [0.4, 0.5) is 0 Å². The molecule has 1 atom stereocenters. The second-order valence-electron chi connectivity index (χ2n) is 4.82. The van der Waals surface area contributed by atoms with Crippen molar-refractivity contribution in [2.45, 2.75) is 25.8 Å². The first-order chi connectivity index (χ1) is 8.25. The Bertz CT molecular complexity index is 563. The highest BCUT2D eigenvalue weighted by molar-refractivity contribution is 7.71. The Morgan fingerprint density at radius 1 is 1.29 bits per heavy atom. The summed E-state index contributed by atoms with van der Waals surface area (Å²) in [5.74, 6) is 0.809. The van der Waals surface area contributed by atoms with Crippen molar-refractivity contribution in [1.82, 2.24) is 9.78 Å². The Balaban J connectivity index is 1.98. The van der Waals surface area contributed by atoms with Crippen LogP contribution in [0.3, 0.4) is 0 Å². The molecule has 3 rings (SSSR count). The summed E-state index contributed by atoms with van der Waals surface area (Å²) in [7, 11) is 0. The monoisotopic (exact) mass is 244 g/mol. The molecule has 1 fully saturated rings. The number of H-pyrrole nitrogens is 1. The second kappa shape index (κ2) is 4.15. The van der Waals surface area contributed by atoms with Gasteiger partial charge in [-0.15, -0.1) is 0 Å². The fourth-order valence-corrected chi connectivity index (χ4v) is 2.60. The van der Waals surface area contributed by atoms with Crippen molar-refractivity contribution < 1.29 is 0 Å². The van der Waals surface area contributed by atoms with Crippen molar-refractivity contribution in [1.29, 1.82) is 0 Å². The van der Waals surface area contributed by atoms with E-state index in [1.807, 2.05) is 18.2 Å². The average Bonchev–Trinajstić information content (AvgIpc) is 3.13. The third-order valence-corrected chi connectivity index (χ3v) is 3.86. The smallest absolute Gasteiger partial charge is 0.122 e. The Kier molecular flexibility index (Phi) is 2.63. The molecule has 88 valence electrons. The zero-order valence-corrected chi connectivity index (χ0v) is 10.7. The first-order valence-electron chi connectivity index (χ1n) is 6.12. The fourth-order valence-electron chi connectivity index (χ4n) is 2.27. The van der Waals surface area contributed by atoms with Gasteiger partial charge in [0.1, 0.15) is 4.64 Å². The molecule has 0 spiro atoms. The van der Waals surface area contributed by atoms with E-state index in [0.717, 1.165) is 16.3 Å². The third-order valence-electron chi connectivity index (χ3n) is 3.54. The molecule has 1 saturated carbocycles. The van der Waals surface area contributed by atoms with Gasteiger partial charge in [-0.05, 0) is 37.3 Å². The van der Waals surface area contributed by atoms with Gasteiger partial charge >= 0.3 is 0 Å². The van der Waals surface area contributed by atoms with Crippen LogP contribution >= 0.6 is 12.2 Å². The molecule has 1 heterocycles. The van der Waals surface area contributed by atoms with E-state index >= 15 is 0 Å². The van der Waals surface area contributed by atoms with Gasteiger partial charge in [-0.1, -0.05) is 42.5 Å². The molecule has 2 nitrogen and oxygen atoms in total. The first kappa shape index (κ1) is 10.8. The van der Waals surface area contributed by atoms with Crippen LogP contribution in [-0.4, -0.2) is 9.78 Å². The number of hydrogen-bond donors (Lipinski definition) is 1. The van der Waals surface area contributed by atoms with Crippen molar-refractivity contribution in [2.75, 3.05) is 0 Å². The lowest BCUT2D eigenvalue weighted by molar-refractivity contribution is 0.436. The molecule has 3 heteroatoms. The van der Waals surface area contributed by atoms with Gasteiger partial charge in [0.2, 0.25) is 0 Å². The van der Waals surface area contributed by atoms with E-state index < -0.39 is 0 Å². The quantitative estimate of drug-likeness (QED) is 0.803. The van der Waals surface area contributed by atoms with Gasteiger partial charge < -0.3 is 0 Å². The summed E-state index contributed by atoms with van der Waals surface area (Å²) in [4.78, 5) is 0. The van der Waals surface area contributed by atoms with Gasteiger partial charge in [-0.25, -0.2) is 0 Å². The summed E-state index contributed by atoms with van der Waals surface area (Å²) in [6.07, 6.45) is 2.67. The predicted molar refractivity (Wildman–Crippen MR) is 72.5 cm³/mol. The second-order valence-corrected chi connectivity index (χ2v) is 5.24. The maximum atomic E-state index is 5.43. The highest BCUT2D eigenvalue weighted by Crippen LogP contribution is 2.39. The first-order valence-corrected chi connectivity index (χ1v) is 6.53. The molecule has 1 N–H and O–H groups in total. The molecule has 2 aromatic rings. The van der Waals surface area contributed by atoms with Crippen LogP contribution in [0.5, 0.6) is 0 Å². The highest BCUT2D eigenvalue weighted by Gasteiger charge is 2.29. The van der Waals surface area contributed by atoms with Crippen LogP contribution in [0.15, 0.2) is 36.4 Å². The van der Waals surface area contributed by atoms with Crippen molar-refractivity contribution in [3.63, 3.8) is 0 Å². The van der Waals surface area contributed by atoms with Gasteiger partial charge in [0.05, 0.1) is 11.7 Å². The summed E-state index contributed by atoms with van der Waals surface area (Å²) < 4.78 is 3.04. The number of rotatable bonds is 3. The Labute approximate surface area is 106 Å². The minimum absolute atomic E-state index is 0.500. The summed E-state index contributed by atoms with van der Waals surface area (Å²) >= 11 is 5.43. The van der Waals surface area contributed by atoms with E-state index in [0.29, 0.717) is 6.04 Å². The number of benzene rings is 1. The van der Waals surface area contributed by atoms with Gasteiger partial charge in [-0.3, -0.25) is 9.78 Å². The van der Waals surface area contributed by atoms with Gasteiger partial charge in [0, 0.05) is 0 Å². The minimum atomic E-state index is 0.500. The Hall–Kier alpha value is -1.35. The highest BCUT2D eigenvalue weighted by atomic mass is 32.1. The number of nitrogens with zero attached hydrogens (tertiary/aromatic N) is 1. The topological polar surface area (TPSA) is 20.7 Å². The van der Waals surface area contributed by atoms with Crippen molar-refractivity contribution in [3.8, 4) is 11.3 Å². The van der Waals surface area contributed by atoms with Crippen molar-refractivity contribution >= 4 is 12.2 Å². The van der Waals surface area contributed by atoms with Crippen LogP contribution < -0.4 is 0 Å². The van der Waals surface area contributed by atoms with Crippen LogP contribution in [-0.2, 0) is 0 Å². The van der Waals surface area contributed by atoms with E-state index in [9.17, 15) is 0 Å². The van der Waals surface area contributed by atoms with Crippen LogP contribution in [0.2, 0.25) is 0 Å². The molecule has 0 saturated heterocycles. The molecule has 1 aliphatic rings. The summed E-state index contributed by atoms with van der Waals surface area (Å²) in [6, 6.07) is 12.9. The van der Waals surface area contributed by atoms with E-state index in [2.05, 4.69) is 34.9 Å². The van der Waals surface area contributed by atoms with Crippen LogP contribution in [0.1, 0.15) is 25.8 Å². The third kappa shape index (κ3) is 2.07. The lowest BCUT2D eigenvalue weighted by Crippen LogP contribution is -2.08. The van der Waals surface area contributed by atoms with Gasteiger partial charge in [0.15, 0.2) is 0 Å². The molecule has 0 bridgehead atoms. The number of aromatic nitrogens is 2.